The molecule has 2 atom stereocenters. The molecule has 108 valence electrons. The molecule has 0 amide bonds. The van der Waals surface area contributed by atoms with Gasteiger partial charge in [-0.3, -0.25) is 0 Å². The van der Waals surface area contributed by atoms with Crippen LogP contribution in [0.25, 0.3) is 0 Å². The topological polar surface area (TPSA) is 35.2 Å². The molecule has 21 heavy (non-hydrogen) atoms. The molecule has 0 fully saturated rings. The van der Waals surface area contributed by atoms with Crippen molar-refractivity contribution in [3.63, 3.8) is 0 Å². The average Bonchev–Trinajstić information content (AvgIpc) is 2.98. The van der Waals surface area contributed by atoms with Gasteiger partial charge in [0.25, 0.3) is 0 Å². The minimum atomic E-state index is 0.0147. The number of hydrogen-bond acceptors (Lipinski definition) is 2. The maximum Gasteiger partial charge on any atom is 0.122 e. The van der Waals surface area contributed by atoms with E-state index in [2.05, 4.69) is 30.3 Å². The second-order valence-corrected chi connectivity index (χ2v) is 6.22. The zero-order valence-electron chi connectivity index (χ0n) is 12.2. The highest BCUT2D eigenvalue weighted by molar-refractivity contribution is 5.43. The molecule has 0 aromatic heterocycles. The predicted molar refractivity (Wildman–Crippen MR) is 84.7 cm³/mol. The van der Waals surface area contributed by atoms with E-state index in [0.29, 0.717) is 6.61 Å². The number of benzene rings is 2. The Morgan fingerprint density at radius 3 is 2.71 bits per heavy atom. The van der Waals surface area contributed by atoms with Crippen LogP contribution in [0.3, 0.4) is 0 Å². The Morgan fingerprint density at radius 1 is 1.00 bits per heavy atom. The van der Waals surface area contributed by atoms with E-state index >= 15 is 0 Å². The van der Waals surface area contributed by atoms with Crippen molar-refractivity contribution in [3.8, 4) is 5.75 Å². The fourth-order valence-corrected chi connectivity index (χ4v) is 3.68. The third-order valence-electron chi connectivity index (χ3n) is 4.93. The Labute approximate surface area is 125 Å². The zero-order chi connectivity index (χ0) is 14.2. The number of rotatable bonds is 2. The minimum absolute atomic E-state index is 0.0147. The summed E-state index contributed by atoms with van der Waals surface area (Å²) in [6.45, 7) is 0.692. The lowest BCUT2D eigenvalue weighted by Gasteiger charge is -2.22. The van der Waals surface area contributed by atoms with Gasteiger partial charge < -0.3 is 10.5 Å². The van der Waals surface area contributed by atoms with Crippen LogP contribution >= 0.6 is 0 Å². The molecule has 1 heterocycles. The van der Waals surface area contributed by atoms with Gasteiger partial charge in [-0.05, 0) is 48.4 Å². The molecule has 2 aromatic carbocycles. The van der Waals surface area contributed by atoms with Gasteiger partial charge in [0.15, 0.2) is 0 Å². The molecule has 1 aliphatic heterocycles. The summed E-state index contributed by atoms with van der Waals surface area (Å²) in [6.07, 6.45) is 5.05. The fraction of sp³-hybridized carbons (Fsp3) is 0.368. The Morgan fingerprint density at radius 2 is 1.81 bits per heavy atom. The standard InChI is InChI=1S/C19H21NO/c20-19(17-12-21-18-8-4-3-7-16(17)18)15-10-9-13-5-1-2-6-14(13)11-15/h3-4,7-11,17,19H,1-2,5-6,12,20H2. The molecule has 0 spiro atoms. The number of para-hydroxylation sites is 1. The van der Waals surface area contributed by atoms with E-state index in [0.717, 1.165) is 5.75 Å². The first-order valence-corrected chi connectivity index (χ1v) is 7.92. The summed E-state index contributed by atoms with van der Waals surface area (Å²) in [5.74, 6) is 1.26. The summed E-state index contributed by atoms with van der Waals surface area (Å²) in [5.41, 5.74) is 12.1. The molecule has 1 aliphatic carbocycles. The van der Waals surface area contributed by atoms with Gasteiger partial charge in [0.1, 0.15) is 5.75 Å². The van der Waals surface area contributed by atoms with Crippen molar-refractivity contribution in [3.05, 3.63) is 64.7 Å². The second kappa shape index (κ2) is 5.19. The third kappa shape index (κ3) is 2.24. The number of aryl methyl sites for hydroxylation is 2. The number of fused-ring (bicyclic) bond motifs is 2. The van der Waals surface area contributed by atoms with Gasteiger partial charge in [0.05, 0.1) is 6.61 Å². The minimum Gasteiger partial charge on any atom is -0.493 e. The molecule has 2 N–H and O–H groups in total. The molecule has 2 nitrogen and oxygen atoms in total. The van der Waals surface area contributed by atoms with E-state index in [1.54, 1.807) is 0 Å². The molecular weight excluding hydrogens is 258 g/mol. The van der Waals surface area contributed by atoms with Crippen LogP contribution in [-0.2, 0) is 12.8 Å². The van der Waals surface area contributed by atoms with Crippen LogP contribution in [0.5, 0.6) is 5.75 Å². The van der Waals surface area contributed by atoms with E-state index in [-0.39, 0.29) is 12.0 Å². The normalized spacial score (nSPS) is 21.3. The van der Waals surface area contributed by atoms with Crippen molar-refractivity contribution in [1.29, 1.82) is 0 Å². The van der Waals surface area contributed by atoms with Crippen LogP contribution in [0.4, 0.5) is 0 Å². The molecule has 2 unspecified atom stereocenters. The van der Waals surface area contributed by atoms with Crippen LogP contribution in [0.1, 0.15) is 47.1 Å². The first-order valence-electron chi connectivity index (χ1n) is 7.92. The lowest BCUT2D eigenvalue weighted by molar-refractivity contribution is 0.315. The van der Waals surface area contributed by atoms with Crippen LogP contribution in [-0.4, -0.2) is 6.61 Å². The summed E-state index contributed by atoms with van der Waals surface area (Å²) >= 11 is 0. The number of ether oxygens (including phenoxy) is 1. The van der Waals surface area contributed by atoms with Crippen LogP contribution in [0.15, 0.2) is 42.5 Å². The van der Waals surface area contributed by atoms with Gasteiger partial charge >= 0.3 is 0 Å². The maximum atomic E-state index is 6.57. The molecule has 2 aromatic rings. The summed E-state index contributed by atoms with van der Waals surface area (Å²) in [5, 5.41) is 0. The lowest BCUT2D eigenvalue weighted by atomic mass is 9.85. The highest BCUT2D eigenvalue weighted by Crippen LogP contribution is 2.40. The van der Waals surface area contributed by atoms with Crippen molar-refractivity contribution in [2.75, 3.05) is 6.61 Å². The van der Waals surface area contributed by atoms with Gasteiger partial charge in [-0.1, -0.05) is 36.4 Å². The maximum absolute atomic E-state index is 6.57. The number of nitrogens with two attached hydrogens (primary N) is 1. The van der Waals surface area contributed by atoms with Gasteiger partial charge in [0, 0.05) is 17.5 Å². The van der Waals surface area contributed by atoms with E-state index < -0.39 is 0 Å². The molecule has 0 saturated carbocycles. The van der Waals surface area contributed by atoms with E-state index in [4.69, 9.17) is 10.5 Å². The summed E-state index contributed by atoms with van der Waals surface area (Å²) in [4.78, 5) is 0. The van der Waals surface area contributed by atoms with Crippen molar-refractivity contribution in [1.82, 2.24) is 0 Å². The zero-order valence-corrected chi connectivity index (χ0v) is 12.2. The highest BCUT2D eigenvalue weighted by atomic mass is 16.5. The second-order valence-electron chi connectivity index (χ2n) is 6.22. The molecule has 2 aliphatic rings. The quantitative estimate of drug-likeness (QED) is 0.909. The Hall–Kier alpha value is -1.80. The monoisotopic (exact) mass is 279 g/mol. The fourth-order valence-electron chi connectivity index (χ4n) is 3.68. The van der Waals surface area contributed by atoms with E-state index in [1.807, 2.05) is 12.1 Å². The average molecular weight is 279 g/mol. The Kier molecular flexibility index (Phi) is 3.19. The van der Waals surface area contributed by atoms with Gasteiger partial charge in [-0.15, -0.1) is 0 Å². The number of hydrogen-bond donors (Lipinski definition) is 1. The van der Waals surface area contributed by atoms with Crippen LogP contribution < -0.4 is 10.5 Å². The Balaban J connectivity index is 1.65. The molecule has 0 saturated heterocycles. The molecule has 0 radical (unpaired) electrons. The first-order chi connectivity index (χ1) is 10.3. The van der Waals surface area contributed by atoms with Crippen LogP contribution in [0.2, 0.25) is 0 Å². The lowest BCUT2D eigenvalue weighted by Crippen LogP contribution is -2.21. The van der Waals surface area contributed by atoms with Gasteiger partial charge in [-0.2, -0.15) is 0 Å². The van der Waals surface area contributed by atoms with Crippen molar-refractivity contribution >= 4 is 0 Å². The molecule has 2 heteroatoms. The predicted octanol–water partition coefficient (Wildman–Crippen LogP) is 3.74. The van der Waals surface area contributed by atoms with Crippen LogP contribution in [0, 0.1) is 0 Å². The van der Waals surface area contributed by atoms with Gasteiger partial charge in [0.2, 0.25) is 0 Å². The van der Waals surface area contributed by atoms with Crippen molar-refractivity contribution in [2.45, 2.75) is 37.6 Å². The molecule has 4 rings (SSSR count). The largest absolute Gasteiger partial charge is 0.493 e. The SMILES string of the molecule is NC(c1ccc2c(c1)CCCC2)C1COc2ccccc21. The van der Waals surface area contributed by atoms with Crippen molar-refractivity contribution in [2.24, 2.45) is 5.73 Å². The Bertz CT molecular complexity index is 664. The third-order valence-corrected chi connectivity index (χ3v) is 4.93. The van der Waals surface area contributed by atoms with Crippen molar-refractivity contribution < 1.29 is 4.74 Å². The summed E-state index contributed by atoms with van der Waals surface area (Å²) < 4.78 is 5.79. The summed E-state index contributed by atoms with van der Waals surface area (Å²) in [7, 11) is 0. The summed E-state index contributed by atoms with van der Waals surface area (Å²) in [6, 6.07) is 15.1. The highest BCUT2D eigenvalue weighted by Gasteiger charge is 2.30. The molecular formula is C19H21NO. The van der Waals surface area contributed by atoms with E-state index in [1.165, 1.54) is 47.9 Å². The molecule has 0 bridgehead atoms. The van der Waals surface area contributed by atoms with E-state index in [9.17, 15) is 0 Å². The van der Waals surface area contributed by atoms with Gasteiger partial charge in [-0.25, -0.2) is 0 Å². The first kappa shape index (κ1) is 12.9. The smallest absolute Gasteiger partial charge is 0.122 e.